The molecule has 5 atom stereocenters. The van der Waals surface area contributed by atoms with Gasteiger partial charge in [-0.2, -0.15) is 8.78 Å². The molecule has 8 rings (SSSR count). The molecule has 5 amide bonds. The van der Waals surface area contributed by atoms with E-state index in [4.69, 9.17) is 33.2 Å². The van der Waals surface area contributed by atoms with Crippen LogP contribution in [0.15, 0.2) is 188 Å². The predicted octanol–water partition coefficient (Wildman–Crippen LogP) is 12.5. The summed E-state index contributed by atoms with van der Waals surface area (Å²) in [6.45, 7) is 7.19. The summed E-state index contributed by atoms with van der Waals surface area (Å²) in [5.41, 5.74) is 3.13. The van der Waals surface area contributed by atoms with E-state index in [0.29, 0.717) is 33.4 Å². The standard InChI is InChI=1S/C77H78F5N5O15/c1-47(2)35-60(72(91)98-44-50-25-15-8-16-26-50)85-70(89)58(84-71(90)59(86-76(95)102-77(3,4)5)40-57(88)41-83-74(93)99-45-51-27-17-9-18-28-51)38-55-36-53(31-33-62(55)96-42-48-21-11-6-12-22-48)54-32-34-63(97-43-49-23-13-7-14-24-49)56(37-54)39-61(87-75(94)100-46-52-29-19-10-20-30-52)73(92)101-69-67(81)65(79)64(78)66(80)68(69)82/h6-34,36-37,47,57-61,88H,35,38-46H2,1-5H3,(H,83,93)(H,84,90)(H,85,89)(H,86,95)(H,87,94)/t57-,58+,59+,60+,61+/m1/s1. The van der Waals surface area contributed by atoms with Gasteiger partial charge < -0.3 is 64.8 Å². The van der Waals surface area contributed by atoms with Gasteiger partial charge in [-0.25, -0.2) is 37.1 Å². The molecule has 0 saturated carbocycles. The zero-order valence-corrected chi connectivity index (χ0v) is 56.5. The number of amides is 5. The molecule has 0 aliphatic carbocycles. The Bertz CT molecular complexity index is 4110. The lowest BCUT2D eigenvalue weighted by atomic mass is 9.94. The molecule has 102 heavy (non-hydrogen) atoms. The summed E-state index contributed by atoms with van der Waals surface area (Å²) in [5.74, 6) is -18.7. The number of ether oxygens (including phenoxy) is 7. The topological polar surface area (TPSA) is 264 Å². The predicted molar refractivity (Wildman–Crippen MR) is 364 cm³/mol. The highest BCUT2D eigenvalue weighted by atomic mass is 19.2. The number of halogens is 5. The average Bonchev–Trinajstić information content (AvgIpc) is 0.803. The van der Waals surface area contributed by atoms with Crippen molar-refractivity contribution in [3.8, 4) is 28.4 Å². The zero-order valence-electron chi connectivity index (χ0n) is 56.5. The van der Waals surface area contributed by atoms with Gasteiger partial charge in [0.15, 0.2) is 0 Å². The molecule has 0 aromatic heterocycles. The third kappa shape index (κ3) is 23.7. The molecular formula is C77H78F5N5O15. The Kier molecular flexibility index (Phi) is 27.9. The van der Waals surface area contributed by atoms with E-state index in [0.717, 1.165) is 5.56 Å². The lowest BCUT2D eigenvalue weighted by Crippen LogP contribution is -2.57. The first-order valence-electron chi connectivity index (χ1n) is 32.6. The Labute approximate surface area is 586 Å². The maximum Gasteiger partial charge on any atom is 0.408 e. The maximum atomic E-state index is 15.3. The first kappa shape index (κ1) is 76.4. The Balaban J connectivity index is 1.20. The Morgan fingerprint density at radius 3 is 1.26 bits per heavy atom. The molecule has 0 fully saturated rings. The van der Waals surface area contributed by atoms with Crippen LogP contribution in [0.25, 0.3) is 11.1 Å². The van der Waals surface area contributed by atoms with Crippen molar-refractivity contribution in [2.24, 2.45) is 5.92 Å². The number of carbonyl (C=O) groups is 7. The monoisotopic (exact) mass is 1410 g/mol. The van der Waals surface area contributed by atoms with Crippen LogP contribution >= 0.6 is 0 Å². The first-order chi connectivity index (χ1) is 48.9. The van der Waals surface area contributed by atoms with Crippen LogP contribution in [0.1, 0.15) is 86.4 Å². The molecule has 536 valence electrons. The van der Waals surface area contributed by atoms with E-state index in [1.165, 1.54) is 12.1 Å². The van der Waals surface area contributed by atoms with E-state index in [1.54, 1.807) is 197 Å². The van der Waals surface area contributed by atoms with Gasteiger partial charge in [0.25, 0.3) is 0 Å². The van der Waals surface area contributed by atoms with E-state index in [1.807, 2.05) is 13.8 Å². The van der Waals surface area contributed by atoms with E-state index in [2.05, 4.69) is 26.6 Å². The van der Waals surface area contributed by atoms with Crippen molar-refractivity contribution in [1.29, 1.82) is 0 Å². The minimum atomic E-state index is -2.52. The number of hydrogen-bond donors (Lipinski definition) is 6. The van der Waals surface area contributed by atoms with E-state index in [-0.39, 0.29) is 68.0 Å². The number of esters is 2. The quantitative estimate of drug-likeness (QED) is 0.00572. The molecule has 8 aromatic rings. The summed E-state index contributed by atoms with van der Waals surface area (Å²) in [7, 11) is 0. The second-order valence-electron chi connectivity index (χ2n) is 25.1. The summed E-state index contributed by atoms with van der Waals surface area (Å²) in [6, 6.07) is 46.4. The number of alkyl carbamates (subject to hydrolysis) is 3. The van der Waals surface area contributed by atoms with Crippen LogP contribution in [0.3, 0.4) is 0 Å². The number of benzene rings is 8. The van der Waals surface area contributed by atoms with Gasteiger partial charge >= 0.3 is 30.2 Å². The number of aliphatic hydroxyl groups excluding tert-OH is 1. The van der Waals surface area contributed by atoms with Crippen molar-refractivity contribution in [2.75, 3.05) is 6.54 Å². The fourth-order valence-corrected chi connectivity index (χ4v) is 10.3. The van der Waals surface area contributed by atoms with Crippen molar-refractivity contribution in [3.63, 3.8) is 0 Å². The number of rotatable bonds is 32. The van der Waals surface area contributed by atoms with Crippen molar-refractivity contribution in [3.05, 3.63) is 256 Å². The molecule has 0 aliphatic rings. The fourth-order valence-electron chi connectivity index (χ4n) is 10.3. The zero-order chi connectivity index (χ0) is 73.3. The molecule has 25 heteroatoms. The summed E-state index contributed by atoms with van der Waals surface area (Å²) >= 11 is 0. The molecule has 0 spiro atoms. The van der Waals surface area contributed by atoms with Gasteiger partial charge in [0.1, 0.15) is 74.3 Å². The minimum Gasteiger partial charge on any atom is -0.489 e. The van der Waals surface area contributed by atoms with E-state index < -0.39 is 139 Å². The van der Waals surface area contributed by atoms with Crippen molar-refractivity contribution >= 4 is 42.0 Å². The molecule has 20 nitrogen and oxygen atoms in total. The van der Waals surface area contributed by atoms with Crippen LogP contribution in [0.2, 0.25) is 0 Å². The van der Waals surface area contributed by atoms with Crippen LogP contribution in [0, 0.1) is 35.0 Å². The fraction of sp³-hybridized carbons (Fsp3) is 0.286. The smallest absolute Gasteiger partial charge is 0.408 e. The molecule has 0 heterocycles. The highest BCUT2D eigenvalue weighted by molar-refractivity contribution is 5.93. The van der Waals surface area contributed by atoms with Crippen LogP contribution < -0.4 is 40.8 Å². The lowest BCUT2D eigenvalue weighted by Gasteiger charge is -2.28. The molecule has 0 radical (unpaired) electrons. The van der Waals surface area contributed by atoms with Gasteiger partial charge in [-0.15, -0.1) is 0 Å². The van der Waals surface area contributed by atoms with Gasteiger partial charge in [-0.1, -0.05) is 178 Å². The third-order valence-corrected chi connectivity index (χ3v) is 15.3. The first-order valence-corrected chi connectivity index (χ1v) is 32.6. The molecule has 0 bridgehead atoms. The van der Waals surface area contributed by atoms with Crippen LogP contribution in [0.5, 0.6) is 17.2 Å². The highest BCUT2D eigenvalue weighted by Gasteiger charge is 2.36. The molecule has 8 aromatic carbocycles. The SMILES string of the molecule is CC(C)C[C@H](NC(=O)[C@H](Cc1cc(-c2ccc(OCc3ccccc3)c(C[C@H](NC(=O)OCc3ccccc3)C(=O)Oc3c(F)c(F)c(F)c(F)c3F)c2)ccc1OCc1ccccc1)NC(=O)[C@H](C[C@@H](O)CNC(=O)OCc1ccccc1)NC(=O)OC(C)(C)C)C(=O)OCc1ccccc1. The number of carbonyl (C=O) groups excluding carboxylic acids is 7. The van der Waals surface area contributed by atoms with Gasteiger partial charge in [0.2, 0.25) is 46.6 Å². The Morgan fingerprint density at radius 2 is 0.814 bits per heavy atom. The molecule has 6 N–H and O–H groups in total. The van der Waals surface area contributed by atoms with Gasteiger partial charge in [0.05, 0.1) is 6.10 Å². The van der Waals surface area contributed by atoms with Crippen molar-refractivity contribution in [1.82, 2.24) is 26.6 Å². The number of nitrogens with one attached hydrogen (secondary N) is 5. The molecule has 0 saturated heterocycles. The summed E-state index contributed by atoms with van der Waals surface area (Å²) in [4.78, 5) is 98.8. The highest BCUT2D eigenvalue weighted by Crippen LogP contribution is 2.35. The average molecular weight is 1410 g/mol. The molecule has 0 aliphatic heterocycles. The maximum absolute atomic E-state index is 15.3. The number of aliphatic hydroxyl groups is 1. The van der Waals surface area contributed by atoms with E-state index >= 15 is 18.4 Å². The summed E-state index contributed by atoms with van der Waals surface area (Å²) in [6.07, 6.45) is -6.44. The second-order valence-corrected chi connectivity index (χ2v) is 25.1. The summed E-state index contributed by atoms with van der Waals surface area (Å²) < 4.78 is 114. The largest absolute Gasteiger partial charge is 0.489 e. The normalized spacial score (nSPS) is 12.6. The lowest BCUT2D eigenvalue weighted by molar-refractivity contribution is -0.150. The van der Waals surface area contributed by atoms with Gasteiger partial charge in [-0.3, -0.25) is 9.59 Å². The Morgan fingerprint density at radius 1 is 0.422 bits per heavy atom. The molecular weight excluding hydrogens is 1330 g/mol. The third-order valence-electron chi connectivity index (χ3n) is 15.3. The van der Waals surface area contributed by atoms with Crippen LogP contribution in [-0.2, 0) is 84.0 Å². The molecule has 0 unspecified atom stereocenters. The van der Waals surface area contributed by atoms with Crippen LogP contribution in [-0.4, -0.2) is 89.6 Å². The van der Waals surface area contributed by atoms with Crippen LogP contribution in [0.4, 0.5) is 36.3 Å². The summed E-state index contributed by atoms with van der Waals surface area (Å²) in [5, 5.41) is 24.2. The van der Waals surface area contributed by atoms with Gasteiger partial charge in [-0.05, 0) is 107 Å². The minimum absolute atomic E-state index is 0.0331. The second kappa shape index (κ2) is 37.2. The van der Waals surface area contributed by atoms with Crippen molar-refractivity contribution in [2.45, 2.75) is 129 Å². The van der Waals surface area contributed by atoms with Gasteiger partial charge in [0, 0.05) is 25.8 Å². The Hall–Kier alpha value is -11.3. The van der Waals surface area contributed by atoms with Crippen molar-refractivity contribution < 1.29 is 93.8 Å². The number of hydrogen-bond acceptors (Lipinski definition) is 15. The van der Waals surface area contributed by atoms with E-state index in [9.17, 15) is 42.3 Å².